The quantitative estimate of drug-likeness (QED) is 0.393. The van der Waals surface area contributed by atoms with Crippen molar-refractivity contribution in [1.29, 1.82) is 0 Å². The highest BCUT2D eigenvalue weighted by atomic mass is 16.5. The fraction of sp³-hybridized carbons (Fsp3) is 0.360. The molecule has 1 unspecified atom stereocenters. The summed E-state index contributed by atoms with van der Waals surface area (Å²) < 4.78 is 10.9. The zero-order valence-corrected chi connectivity index (χ0v) is 18.4. The maximum atomic E-state index is 13.0. The van der Waals surface area contributed by atoms with Crippen LogP contribution < -0.4 is 4.74 Å². The molecule has 2 aromatic rings. The van der Waals surface area contributed by atoms with E-state index in [1.807, 2.05) is 45.0 Å². The summed E-state index contributed by atoms with van der Waals surface area (Å²) in [7, 11) is 1.54. The Bertz CT molecular complexity index is 995. The lowest BCUT2D eigenvalue weighted by atomic mass is 9.94. The maximum Gasteiger partial charge on any atom is 0.295 e. The molecule has 0 aliphatic carbocycles. The molecular formula is C25H29NO5. The second kappa shape index (κ2) is 9.79. The molecule has 0 radical (unpaired) electrons. The van der Waals surface area contributed by atoms with E-state index in [-0.39, 0.29) is 24.5 Å². The van der Waals surface area contributed by atoms with Crippen LogP contribution in [0, 0.1) is 12.8 Å². The van der Waals surface area contributed by atoms with Gasteiger partial charge in [-0.3, -0.25) is 9.59 Å². The number of likely N-dealkylation sites (tertiary alicyclic amines) is 1. The van der Waals surface area contributed by atoms with E-state index in [2.05, 4.69) is 0 Å². The van der Waals surface area contributed by atoms with Gasteiger partial charge in [0.25, 0.3) is 11.7 Å². The van der Waals surface area contributed by atoms with E-state index in [9.17, 15) is 14.7 Å². The number of aliphatic hydroxyl groups excluding tert-OH is 1. The Morgan fingerprint density at radius 2 is 1.87 bits per heavy atom. The summed E-state index contributed by atoms with van der Waals surface area (Å²) in [5, 5.41) is 11.1. The molecule has 0 bridgehead atoms. The number of Topliss-reactive ketones (excluding diaryl/α,β-unsaturated/α-hetero) is 1. The topological polar surface area (TPSA) is 76.1 Å². The normalized spacial score (nSPS) is 18.1. The first-order valence-corrected chi connectivity index (χ1v) is 10.4. The van der Waals surface area contributed by atoms with Crippen molar-refractivity contribution in [2.24, 2.45) is 5.92 Å². The predicted molar refractivity (Wildman–Crippen MR) is 119 cm³/mol. The van der Waals surface area contributed by atoms with E-state index in [1.165, 1.54) is 4.90 Å². The number of ether oxygens (including phenoxy) is 2. The Morgan fingerprint density at radius 1 is 1.13 bits per heavy atom. The standard InChI is InChI=1S/C25H29NO5/c1-16(2)15-31-20-10-6-9-19(14-20)23(27)21-22(18-8-5-7-17(3)13-18)26(11-12-30-4)25(29)24(21)28/h5-10,13-14,16,22,27H,11-12,15H2,1-4H3/b23-21-. The van der Waals surface area contributed by atoms with Gasteiger partial charge in [0.2, 0.25) is 0 Å². The number of aliphatic hydroxyl groups is 1. The summed E-state index contributed by atoms with van der Waals surface area (Å²) in [6, 6.07) is 13.9. The van der Waals surface area contributed by atoms with E-state index >= 15 is 0 Å². The Balaban J connectivity index is 2.09. The SMILES string of the molecule is COCCN1C(=O)C(=O)/C(=C(\O)c2cccc(OCC(C)C)c2)C1c1cccc(C)c1. The number of nitrogens with zero attached hydrogens (tertiary/aromatic N) is 1. The zero-order chi connectivity index (χ0) is 22.5. The van der Waals surface area contributed by atoms with Crippen LogP contribution in [-0.4, -0.2) is 48.6 Å². The highest BCUT2D eigenvalue weighted by Gasteiger charge is 2.45. The highest BCUT2D eigenvalue weighted by Crippen LogP contribution is 2.39. The minimum atomic E-state index is -0.700. The molecule has 0 spiro atoms. The number of hydrogen-bond acceptors (Lipinski definition) is 5. The molecule has 0 aromatic heterocycles. The average molecular weight is 424 g/mol. The largest absolute Gasteiger partial charge is 0.507 e. The van der Waals surface area contributed by atoms with Gasteiger partial charge in [-0.1, -0.05) is 55.8 Å². The molecule has 2 aromatic carbocycles. The smallest absolute Gasteiger partial charge is 0.295 e. The molecule has 1 saturated heterocycles. The molecule has 1 N–H and O–H groups in total. The van der Waals surface area contributed by atoms with Gasteiger partial charge in [0.05, 0.1) is 24.8 Å². The number of benzene rings is 2. The van der Waals surface area contributed by atoms with Crippen molar-refractivity contribution >= 4 is 17.4 Å². The van der Waals surface area contributed by atoms with E-state index in [0.717, 1.165) is 11.1 Å². The fourth-order valence-electron chi connectivity index (χ4n) is 3.64. The number of rotatable bonds is 8. The third kappa shape index (κ3) is 4.97. The monoisotopic (exact) mass is 423 g/mol. The van der Waals surface area contributed by atoms with Gasteiger partial charge in [0.15, 0.2) is 0 Å². The van der Waals surface area contributed by atoms with Gasteiger partial charge in [-0.25, -0.2) is 0 Å². The lowest BCUT2D eigenvalue weighted by Crippen LogP contribution is -2.32. The minimum Gasteiger partial charge on any atom is -0.507 e. The lowest BCUT2D eigenvalue weighted by Gasteiger charge is -2.25. The van der Waals surface area contributed by atoms with Crippen molar-refractivity contribution in [2.75, 3.05) is 26.9 Å². The molecule has 6 nitrogen and oxygen atoms in total. The van der Waals surface area contributed by atoms with Gasteiger partial charge in [0, 0.05) is 19.2 Å². The lowest BCUT2D eigenvalue weighted by molar-refractivity contribution is -0.140. The van der Waals surface area contributed by atoms with Gasteiger partial charge in [-0.05, 0) is 30.5 Å². The molecule has 1 aliphatic rings. The molecule has 3 rings (SSSR count). The zero-order valence-electron chi connectivity index (χ0n) is 18.4. The predicted octanol–water partition coefficient (Wildman–Crippen LogP) is 4.10. The highest BCUT2D eigenvalue weighted by molar-refractivity contribution is 6.46. The van der Waals surface area contributed by atoms with Gasteiger partial charge in [-0.2, -0.15) is 0 Å². The van der Waals surface area contributed by atoms with E-state index in [4.69, 9.17) is 9.47 Å². The summed E-state index contributed by atoms with van der Waals surface area (Å²) in [6.45, 7) is 7.11. The molecular weight excluding hydrogens is 394 g/mol. The first-order valence-electron chi connectivity index (χ1n) is 10.4. The van der Waals surface area contributed by atoms with Crippen molar-refractivity contribution < 1.29 is 24.2 Å². The molecule has 1 aliphatic heterocycles. The fourth-order valence-corrected chi connectivity index (χ4v) is 3.64. The van der Waals surface area contributed by atoms with Gasteiger partial charge in [0.1, 0.15) is 11.5 Å². The minimum absolute atomic E-state index is 0.0766. The average Bonchev–Trinajstić information content (AvgIpc) is 3.00. The molecule has 0 saturated carbocycles. The number of methoxy groups -OCH3 is 1. The summed E-state index contributed by atoms with van der Waals surface area (Å²) in [5.74, 6) is -0.603. The number of aryl methyl sites for hydroxylation is 1. The first kappa shape index (κ1) is 22.6. The Morgan fingerprint density at radius 3 is 2.55 bits per heavy atom. The van der Waals surface area contributed by atoms with Gasteiger partial charge in [-0.15, -0.1) is 0 Å². The summed E-state index contributed by atoms with van der Waals surface area (Å²) >= 11 is 0. The van der Waals surface area contributed by atoms with Crippen LogP contribution in [0.1, 0.15) is 36.6 Å². The van der Waals surface area contributed by atoms with Crippen molar-refractivity contribution in [3.8, 4) is 5.75 Å². The summed E-state index contributed by atoms with van der Waals surface area (Å²) in [5.41, 5.74) is 2.28. The van der Waals surface area contributed by atoms with Crippen LogP contribution in [0.5, 0.6) is 5.75 Å². The molecule has 1 fully saturated rings. The van der Waals surface area contributed by atoms with Gasteiger partial charge < -0.3 is 19.5 Å². The van der Waals surface area contributed by atoms with E-state index in [0.29, 0.717) is 23.8 Å². The molecule has 1 atom stereocenters. The van der Waals surface area contributed by atoms with Crippen LogP contribution >= 0.6 is 0 Å². The molecule has 6 heteroatoms. The maximum absolute atomic E-state index is 13.0. The molecule has 1 heterocycles. The molecule has 31 heavy (non-hydrogen) atoms. The number of carbonyl (C=O) groups excluding carboxylic acids is 2. The van der Waals surface area contributed by atoms with Crippen LogP contribution in [0.4, 0.5) is 0 Å². The summed E-state index contributed by atoms with van der Waals surface area (Å²) in [4.78, 5) is 27.3. The van der Waals surface area contributed by atoms with E-state index in [1.54, 1.807) is 31.4 Å². The number of amides is 1. The van der Waals surface area contributed by atoms with Crippen LogP contribution in [0.3, 0.4) is 0 Å². The Labute approximate surface area is 183 Å². The third-order valence-corrected chi connectivity index (χ3v) is 5.12. The van der Waals surface area contributed by atoms with Crippen LogP contribution in [-0.2, 0) is 14.3 Å². The summed E-state index contributed by atoms with van der Waals surface area (Å²) in [6.07, 6.45) is 0. The van der Waals surface area contributed by atoms with Crippen LogP contribution in [0.25, 0.3) is 5.76 Å². The second-order valence-electron chi connectivity index (χ2n) is 8.13. The Hall–Kier alpha value is -3.12. The van der Waals surface area contributed by atoms with Crippen molar-refractivity contribution in [2.45, 2.75) is 26.8 Å². The third-order valence-electron chi connectivity index (χ3n) is 5.12. The molecule has 1 amide bonds. The molecule has 164 valence electrons. The van der Waals surface area contributed by atoms with Crippen molar-refractivity contribution in [1.82, 2.24) is 4.90 Å². The Kier molecular flexibility index (Phi) is 7.13. The van der Waals surface area contributed by atoms with Crippen molar-refractivity contribution in [3.63, 3.8) is 0 Å². The van der Waals surface area contributed by atoms with E-state index < -0.39 is 17.7 Å². The van der Waals surface area contributed by atoms with Crippen molar-refractivity contribution in [3.05, 3.63) is 70.8 Å². The first-order chi connectivity index (χ1) is 14.8. The van der Waals surface area contributed by atoms with Crippen LogP contribution in [0.2, 0.25) is 0 Å². The van der Waals surface area contributed by atoms with Crippen LogP contribution in [0.15, 0.2) is 54.1 Å². The number of hydrogen-bond donors (Lipinski definition) is 1. The number of carbonyl (C=O) groups is 2. The second-order valence-corrected chi connectivity index (χ2v) is 8.13. The number of ketones is 1. The van der Waals surface area contributed by atoms with Gasteiger partial charge >= 0.3 is 0 Å².